The molecule has 1 aliphatic carbocycles. The van der Waals surface area contributed by atoms with E-state index in [1.807, 2.05) is 31.0 Å². The average Bonchev–Trinajstić information content (AvgIpc) is 3.38. The van der Waals surface area contributed by atoms with E-state index < -0.39 is 0 Å². The number of cyclic esters (lactones) is 2. The van der Waals surface area contributed by atoms with E-state index in [0.717, 1.165) is 73.9 Å². The Labute approximate surface area is 196 Å². The zero-order chi connectivity index (χ0) is 24.0. The van der Waals surface area contributed by atoms with Crippen LogP contribution in [0.15, 0.2) is 23.4 Å². The van der Waals surface area contributed by atoms with Gasteiger partial charge in [0.1, 0.15) is 19.5 Å². The van der Waals surface area contributed by atoms with Gasteiger partial charge in [0.15, 0.2) is 0 Å². The summed E-state index contributed by atoms with van der Waals surface area (Å²) in [6.45, 7) is 8.62. The van der Waals surface area contributed by atoms with Crippen LogP contribution >= 0.6 is 0 Å². The molecule has 1 aromatic rings. The number of hydrogen-bond acceptors (Lipinski definition) is 7. The summed E-state index contributed by atoms with van der Waals surface area (Å²) in [6.07, 6.45) is 6.27. The Kier molecular flexibility index (Phi) is 8.67. The molecule has 0 aromatic heterocycles. The van der Waals surface area contributed by atoms with Crippen LogP contribution in [0.25, 0.3) is 0 Å². The number of hydrogen-bond donors (Lipinski definition) is 1. The van der Waals surface area contributed by atoms with Gasteiger partial charge in [-0.3, -0.25) is 0 Å². The number of aldehydes is 1. The number of ether oxygens (including phenoxy) is 2. The number of benzene rings is 1. The third-order valence-electron chi connectivity index (χ3n) is 7.08. The Balaban J connectivity index is 0.000000235. The summed E-state index contributed by atoms with van der Waals surface area (Å²) >= 11 is 0. The SMILES string of the molecule is CCN(C)C1=C(C)C(=O)OC1.Cc1c(CCNC2CCC(C=O)CC2)ccc2c1COC2=O. The summed E-state index contributed by atoms with van der Waals surface area (Å²) in [6, 6.07) is 4.48. The van der Waals surface area contributed by atoms with Crippen LogP contribution in [0, 0.1) is 12.8 Å². The molecule has 1 N–H and O–H groups in total. The van der Waals surface area contributed by atoms with E-state index in [2.05, 4.69) is 12.2 Å². The van der Waals surface area contributed by atoms with Crippen LogP contribution in [0.2, 0.25) is 0 Å². The van der Waals surface area contributed by atoms with Crippen LogP contribution in [0.5, 0.6) is 0 Å². The maximum absolute atomic E-state index is 11.5. The van der Waals surface area contributed by atoms with Gasteiger partial charge in [-0.15, -0.1) is 0 Å². The first kappa shape index (κ1) is 25.0. The van der Waals surface area contributed by atoms with Gasteiger partial charge in [-0.1, -0.05) is 6.07 Å². The average molecular weight is 457 g/mol. The minimum Gasteiger partial charge on any atom is -0.457 e. The van der Waals surface area contributed by atoms with Gasteiger partial charge in [0.25, 0.3) is 0 Å². The molecule has 180 valence electrons. The number of carbonyl (C=O) groups excluding carboxylic acids is 3. The molecule has 4 rings (SSSR count). The monoisotopic (exact) mass is 456 g/mol. The second-order valence-corrected chi connectivity index (χ2v) is 9.07. The highest BCUT2D eigenvalue weighted by molar-refractivity contribution is 5.94. The summed E-state index contributed by atoms with van der Waals surface area (Å²) in [5.41, 5.74) is 6.00. The quantitative estimate of drug-likeness (QED) is 0.498. The van der Waals surface area contributed by atoms with Crippen molar-refractivity contribution in [1.29, 1.82) is 0 Å². The van der Waals surface area contributed by atoms with E-state index in [4.69, 9.17) is 9.47 Å². The predicted octanol–water partition coefficient (Wildman–Crippen LogP) is 3.32. The number of carbonyl (C=O) groups is 3. The van der Waals surface area contributed by atoms with Crippen molar-refractivity contribution in [1.82, 2.24) is 10.2 Å². The second-order valence-electron chi connectivity index (χ2n) is 9.07. The van der Waals surface area contributed by atoms with E-state index in [-0.39, 0.29) is 17.9 Å². The van der Waals surface area contributed by atoms with Crippen molar-refractivity contribution in [3.63, 3.8) is 0 Å². The minimum atomic E-state index is -0.199. The largest absolute Gasteiger partial charge is 0.457 e. The second kappa shape index (κ2) is 11.5. The van der Waals surface area contributed by atoms with Crippen molar-refractivity contribution in [3.05, 3.63) is 45.7 Å². The van der Waals surface area contributed by atoms with E-state index in [9.17, 15) is 14.4 Å². The molecule has 0 bridgehead atoms. The maximum atomic E-state index is 11.5. The van der Waals surface area contributed by atoms with Crippen molar-refractivity contribution in [2.45, 2.75) is 65.5 Å². The molecule has 0 saturated heterocycles. The molecule has 1 saturated carbocycles. The highest BCUT2D eigenvalue weighted by Crippen LogP contribution is 2.26. The molecule has 33 heavy (non-hydrogen) atoms. The normalized spacial score (nSPS) is 21.7. The number of nitrogens with one attached hydrogen (secondary N) is 1. The lowest BCUT2D eigenvalue weighted by Crippen LogP contribution is -2.34. The Morgan fingerprint density at radius 2 is 1.76 bits per heavy atom. The fourth-order valence-electron chi connectivity index (χ4n) is 4.59. The number of likely N-dealkylation sites (N-methyl/N-ethyl adjacent to an activating group) is 1. The van der Waals surface area contributed by atoms with E-state index in [1.54, 1.807) is 6.92 Å². The summed E-state index contributed by atoms with van der Waals surface area (Å²) < 4.78 is 9.94. The van der Waals surface area contributed by atoms with Gasteiger partial charge in [0.05, 0.1) is 16.8 Å². The van der Waals surface area contributed by atoms with Crippen molar-refractivity contribution in [2.24, 2.45) is 5.92 Å². The maximum Gasteiger partial charge on any atom is 0.338 e. The molecule has 0 amide bonds. The molecule has 0 spiro atoms. The Hall–Kier alpha value is -2.67. The van der Waals surface area contributed by atoms with Gasteiger partial charge < -0.3 is 24.5 Å². The van der Waals surface area contributed by atoms with Gasteiger partial charge in [-0.05, 0) is 76.6 Å². The Morgan fingerprint density at radius 1 is 1.06 bits per heavy atom. The summed E-state index contributed by atoms with van der Waals surface area (Å²) in [5.74, 6) is -0.107. The third kappa shape index (κ3) is 6.02. The molecule has 1 aromatic carbocycles. The van der Waals surface area contributed by atoms with Crippen LogP contribution in [0.1, 0.15) is 66.6 Å². The van der Waals surface area contributed by atoms with E-state index >= 15 is 0 Å². The number of nitrogens with zero attached hydrogens (tertiary/aromatic N) is 1. The minimum absolute atomic E-state index is 0.180. The Bertz CT molecular complexity index is 916. The summed E-state index contributed by atoms with van der Waals surface area (Å²) in [4.78, 5) is 35.2. The fraction of sp³-hybridized carbons (Fsp3) is 0.577. The number of rotatable bonds is 7. The lowest BCUT2D eigenvalue weighted by atomic mass is 9.87. The topological polar surface area (TPSA) is 84.9 Å². The molecule has 7 heteroatoms. The molecule has 3 aliphatic rings. The van der Waals surface area contributed by atoms with Crippen molar-refractivity contribution >= 4 is 18.2 Å². The molecule has 0 unspecified atom stereocenters. The number of fused-ring (bicyclic) bond motifs is 1. The molecule has 2 heterocycles. The summed E-state index contributed by atoms with van der Waals surface area (Å²) in [5, 5.41) is 3.60. The highest BCUT2D eigenvalue weighted by Gasteiger charge is 2.24. The van der Waals surface area contributed by atoms with E-state index in [0.29, 0.717) is 19.3 Å². The first-order chi connectivity index (χ1) is 15.8. The van der Waals surface area contributed by atoms with Crippen LogP contribution in [-0.4, -0.2) is 55.9 Å². The van der Waals surface area contributed by atoms with Gasteiger partial charge in [0, 0.05) is 31.1 Å². The zero-order valence-electron chi connectivity index (χ0n) is 20.2. The number of esters is 2. The highest BCUT2D eigenvalue weighted by atomic mass is 16.5. The summed E-state index contributed by atoms with van der Waals surface area (Å²) in [7, 11) is 1.96. The third-order valence-corrected chi connectivity index (χ3v) is 7.08. The molecule has 2 aliphatic heterocycles. The van der Waals surface area contributed by atoms with E-state index in [1.165, 1.54) is 11.1 Å². The Morgan fingerprint density at radius 3 is 2.36 bits per heavy atom. The van der Waals surface area contributed by atoms with Gasteiger partial charge in [-0.2, -0.15) is 0 Å². The first-order valence-corrected chi connectivity index (χ1v) is 11.9. The standard InChI is InChI=1S/C18H23NO3.C8H13NO2/c1-12-14(4-7-16-17(12)11-22-18(16)21)8-9-19-15-5-2-13(10-20)3-6-15;1-4-9(3)7-5-11-8(10)6(7)2/h4,7,10,13,15,19H,2-3,5-6,8-9,11H2,1H3;4-5H2,1-3H3. The lowest BCUT2D eigenvalue weighted by Gasteiger charge is -2.26. The molecular weight excluding hydrogens is 420 g/mol. The zero-order valence-corrected chi connectivity index (χ0v) is 20.2. The van der Waals surface area contributed by atoms with Gasteiger partial charge in [0.2, 0.25) is 0 Å². The molecule has 0 atom stereocenters. The van der Waals surface area contributed by atoms with Crippen LogP contribution in [-0.2, 0) is 32.1 Å². The van der Waals surface area contributed by atoms with Crippen molar-refractivity contribution in [2.75, 3.05) is 26.7 Å². The lowest BCUT2D eigenvalue weighted by molar-refractivity contribution is -0.136. The molecule has 1 fully saturated rings. The first-order valence-electron chi connectivity index (χ1n) is 11.9. The van der Waals surface area contributed by atoms with Crippen molar-refractivity contribution < 1.29 is 23.9 Å². The van der Waals surface area contributed by atoms with Crippen molar-refractivity contribution in [3.8, 4) is 0 Å². The fourth-order valence-corrected chi connectivity index (χ4v) is 4.59. The smallest absolute Gasteiger partial charge is 0.338 e. The van der Waals surface area contributed by atoms with Crippen LogP contribution in [0.4, 0.5) is 0 Å². The van der Waals surface area contributed by atoms with Gasteiger partial charge in [-0.25, -0.2) is 9.59 Å². The molecule has 7 nitrogen and oxygen atoms in total. The van der Waals surface area contributed by atoms with Gasteiger partial charge >= 0.3 is 11.9 Å². The van der Waals surface area contributed by atoms with Crippen LogP contribution < -0.4 is 5.32 Å². The molecular formula is C26H36N2O5. The molecule has 0 radical (unpaired) electrons. The van der Waals surface area contributed by atoms with Crippen LogP contribution in [0.3, 0.4) is 0 Å². The predicted molar refractivity (Wildman–Crippen MR) is 126 cm³/mol.